The van der Waals surface area contributed by atoms with E-state index in [0.717, 1.165) is 16.8 Å². The van der Waals surface area contributed by atoms with Gasteiger partial charge in [0.05, 0.1) is 18.8 Å². The highest BCUT2D eigenvalue weighted by molar-refractivity contribution is 5.98. The van der Waals surface area contributed by atoms with Crippen molar-refractivity contribution >= 4 is 18.3 Å². The Morgan fingerprint density at radius 2 is 2.06 bits per heavy atom. The molecule has 2 heterocycles. The van der Waals surface area contributed by atoms with Crippen molar-refractivity contribution in [3.63, 3.8) is 0 Å². The lowest BCUT2D eigenvalue weighted by atomic mass is 10.1. The Hall–Kier alpha value is -4.14. The number of benzene rings is 2. The van der Waals surface area contributed by atoms with Crippen molar-refractivity contribution in [3.8, 4) is 11.4 Å². The van der Waals surface area contributed by atoms with Crippen molar-refractivity contribution in [1.29, 1.82) is 0 Å². The zero-order valence-electron chi connectivity index (χ0n) is 16.8. The second kappa shape index (κ2) is 8.70. The number of amides is 4. The minimum Gasteiger partial charge on any atom is -0.497 e. The molecule has 1 aromatic heterocycles. The van der Waals surface area contributed by atoms with Gasteiger partial charge in [-0.1, -0.05) is 18.2 Å². The predicted octanol–water partition coefficient (Wildman–Crippen LogP) is 2.03. The third-order valence-corrected chi connectivity index (χ3v) is 5.16. The fourth-order valence-electron chi connectivity index (χ4n) is 3.60. The third kappa shape index (κ3) is 4.25. The molecule has 3 aromatic rings. The molecule has 0 spiro atoms. The van der Waals surface area contributed by atoms with Gasteiger partial charge >= 0.3 is 6.03 Å². The quantitative estimate of drug-likeness (QED) is 0.570. The molecule has 0 saturated heterocycles. The highest BCUT2D eigenvalue weighted by atomic mass is 16.5. The smallest absolute Gasteiger partial charge is 0.321 e. The van der Waals surface area contributed by atoms with E-state index in [1.807, 2.05) is 48.7 Å². The van der Waals surface area contributed by atoms with E-state index in [1.54, 1.807) is 29.0 Å². The van der Waals surface area contributed by atoms with Crippen molar-refractivity contribution in [2.45, 2.75) is 12.6 Å². The van der Waals surface area contributed by atoms with Crippen LogP contribution in [0.5, 0.6) is 5.75 Å². The molecular formula is C22H21N5O4. The normalized spacial score (nSPS) is 13.5. The van der Waals surface area contributed by atoms with Gasteiger partial charge in [0, 0.05) is 31.0 Å². The zero-order chi connectivity index (χ0) is 21.8. The molecule has 2 aromatic carbocycles. The maximum Gasteiger partial charge on any atom is 0.321 e. The first-order chi connectivity index (χ1) is 15.1. The Bertz CT molecular complexity index is 1100. The number of urea groups is 1. The molecule has 0 fully saturated rings. The van der Waals surface area contributed by atoms with E-state index in [-0.39, 0.29) is 12.5 Å². The molecule has 1 aliphatic heterocycles. The van der Waals surface area contributed by atoms with Gasteiger partial charge < -0.3 is 15.0 Å². The van der Waals surface area contributed by atoms with E-state index in [0.29, 0.717) is 24.3 Å². The Labute approximate surface area is 178 Å². The van der Waals surface area contributed by atoms with E-state index < -0.39 is 12.1 Å². The number of imide groups is 1. The highest BCUT2D eigenvalue weighted by Gasteiger charge is 2.30. The number of nitrogens with one attached hydrogen (secondary N) is 2. The number of carbonyl (C=O) groups is 3. The fraction of sp³-hybridized carbons (Fsp3) is 0.182. The topological polar surface area (TPSA) is 106 Å². The van der Waals surface area contributed by atoms with Crippen molar-refractivity contribution in [2.24, 2.45) is 0 Å². The summed E-state index contributed by atoms with van der Waals surface area (Å²) in [6.07, 6.45) is 3.83. The monoisotopic (exact) mass is 419 g/mol. The minimum atomic E-state index is -0.637. The van der Waals surface area contributed by atoms with E-state index in [2.05, 4.69) is 15.7 Å². The van der Waals surface area contributed by atoms with E-state index >= 15 is 0 Å². The van der Waals surface area contributed by atoms with Crippen LogP contribution in [0.15, 0.2) is 60.9 Å². The van der Waals surface area contributed by atoms with Crippen molar-refractivity contribution < 1.29 is 19.1 Å². The Morgan fingerprint density at radius 1 is 1.26 bits per heavy atom. The van der Waals surface area contributed by atoms with E-state index in [1.165, 1.54) is 0 Å². The zero-order valence-corrected chi connectivity index (χ0v) is 16.8. The number of rotatable bonds is 7. The number of fused-ring (bicyclic) bond motifs is 1. The second-order valence-corrected chi connectivity index (χ2v) is 7.04. The van der Waals surface area contributed by atoms with Crippen LogP contribution in [0.25, 0.3) is 5.69 Å². The number of carbonyl (C=O) groups excluding carboxylic acids is 3. The molecule has 31 heavy (non-hydrogen) atoms. The van der Waals surface area contributed by atoms with Gasteiger partial charge in [-0.25, -0.2) is 9.48 Å². The van der Waals surface area contributed by atoms with Gasteiger partial charge in [-0.15, -0.1) is 0 Å². The van der Waals surface area contributed by atoms with Gasteiger partial charge in [0.15, 0.2) is 0 Å². The number of hydrogen-bond acceptors (Lipinski definition) is 5. The number of ether oxygens (including phenoxy) is 1. The fourth-order valence-corrected chi connectivity index (χ4v) is 3.60. The van der Waals surface area contributed by atoms with Crippen LogP contribution in [0, 0.1) is 0 Å². The summed E-state index contributed by atoms with van der Waals surface area (Å²) in [4.78, 5) is 37.3. The maximum absolute atomic E-state index is 12.9. The van der Waals surface area contributed by atoms with Gasteiger partial charge in [-0.05, 0) is 41.5 Å². The molecule has 1 aliphatic rings. The lowest BCUT2D eigenvalue weighted by Crippen LogP contribution is -2.42. The average Bonchev–Trinajstić information content (AvgIpc) is 3.42. The molecule has 1 atom stereocenters. The number of hydrogen-bond donors (Lipinski definition) is 2. The summed E-state index contributed by atoms with van der Waals surface area (Å²) in [7, 11) is 1.55. The number of aromatic nitrogens is 2. The molecule has 0 unspecified atom stereocenters. The first-order valence-electron chi connectivity index (χ1n) is 9.66. The molecule has 0 radical (unpaired) electrons. The van der Waals surface area contributed by atoms with Crippen LogP contribution < -0.4 is 15.4 Å². The molecule has 158 valence electrons. The van der Waals surface area contributed by atoms with Crippen LogP contribution in [0.1, 0.15) is 27.5 Å². The molecule has 4 amide bonds. The standard InChI is InChI=1S/C22H21N5O4/c1-31-18-8-5-16-12-26(21(29)19(16)11-18)13-20(25-22(30)23-14-28)15-3-6-17(7-4-15)27-10-2-9-24-27/h2-11,14,20H,12-13H2,1H3,(H2,23,25,28,30)/t20-/m0/s1. The van der Waals surface area contributed by atoms with Crippen LogP contribution >= 0.6 is 0 Å². The maximum atomic E-state index is 12.9. The Balaban J connectivity index is 1.56. The molecule has 0 saturated carbocycles. The summed E-state index contributed by atoms with van der Waals surface area (Å²) in [5.41, 5.74) is 3.14. The second-order valence-electron chi connectivity index (χ2n) is 7.04. The molecule has 0 bridgehead atoms. The first-order valence-corrected chi connectivity index (χ1v) is 9.66. The van der Waals surface area contributed by atoms with E-state index in [9.17, 15) is 14.4 Å². The lowest BCUT2D eigenvalue weighted by Gasteiger charge is -2.25. The van der Waals surface area contributed by atoms with Crippen LogP contribution in [0.3, 0.4) is 0 Å². The van der Waals surface area contributed by atoms with Crippen molar-refractivity contribution in [3.05, 3.63) is 77.6 Å². The summed E-state index contributed by atoms with van der Waals surface area (Å²) in [6.45, 7) is 0.667. The predicted molar refractivity (Wildman–Crippen MR) is 112 cm³/mol. The summed E-state index contributed by atoms with van der Waals surface area (Å²) in [5, 5.41) is 9.04. The van der Waals surface area contributed by atoms with Gasteiger partial charge in [-0.2, -0.15) is 5.10 Å². The van der Waals surface area contributed by atoms with Crippen LogP contribution in [0.2, 0.25) is 0 Å². The molecule has 4 rings (SSSR count). The van der Waals surface area contributed by atoms with Gasteiger partial charge in [0.2, 0.25) is 6.41 Å². The first kappa shape index (κ1) is 20.1. The number of methoxy groups -OCH3 is 1. The number of nitrogens with zero attached hydrogens (tertiary/aromatic N) is 3. The van der Waals surface area contributed by atoms with Crippen molar-refractivity contribution in [1.82, 2.24) is 25.3 Å². The van der Waals surface area contributed by atoms with Crippen LogP contribution in [-0.4, -0.2) is 46.7 Å². The van der Waals surface area contributed by atoms with E-state index in [4.69, 9.17) is 4.74 Å². The average molecular weight is 419 g/mol. The molecule has 9 nitrogen and oxygen atoms in total. The van der Waals surface area contributed by atoms with Crippen molar-refractivity contribution in [2.75, 3.05) is 13.7 Å². The van der Waals surface area contributed by atoms with Crippen LogP contribution in [-0.2, 0) is 11.3 Å². The summed E-state index contributed by atoms with van der Waals surface area (Å²) in [6, 6.07) is 13.5. The molecule has 9 heteroatoms. The Kier molecular flexibility index (Phi) is 5.65. The largest absolute Gasteiger partial charge is 0.497 e. The summed E-state index contributed by atoms with van der Waals surface area (Å²) in [5.74, 6) is 0.479. The third-order valence-electron chi connectivity index (χ3n) is 5.16. The Morgan fingerprint density at radius 3 is 2.74 bits per heavy atom. The molecule has 2 N–H and O–H groups in total. The summed E-state index contributed by atoms with van der Waals surface area (Å²) < 4.78 is 6.94. The molecule has 0 aliphatic carbocycles. The van der Waals surface area contributed by atoms with Gasteiger partial charge in [0.1, 0.15) is 5.75 Å². The van der Waals surface area contributed by atoms with Gasteiger partial charge in [-0.3, -0.25) is 14.9 Å². The van der Waals surface area contributed by atoms with Gasteiger partial charge in [0.25, 0.3) is 5.91 Å². The minimum absolute atomic E-state index is 0.135. The SMILES string of the molecule is COc1ccc2c(c1)C(=O)N(C[C@H](NC(=O)NC=O)c1ccc(-n3cccn3)cc1)C2. The highest BCUT2D eigenvalue weighted by Crippen LogP contribution is 2.28. The lowest BCUT2D eigenvalue weighted by molar-refractivity contribution is -0.108. The van der Waals surface area contributed by atoms with Crippen LogP contribution in [0.4, 0.5) is 4.79 Å². The summed E-state index contributed by atoms with van der Waals surface area (Å²) >= 11 is 0. The molecular weight excluding hydrogens is 398 g/mol.